The van der Waals surface area contributed by atoms with Gasteiger partial charge in [-0.25, -0.2) is 4.68 Å². The second-order valence-electron chi connectivity index (χ2n) is 9.34. The first-order valence-corrected chi connectivity index (χ1v) is 12.1. The summed E-state index contributed by atoms with van der Waals surface area (Å²) < 4.78 is 37.0. The van der Waals surface area contributed by atoms with Gasteiger partial charge in [0.1, 0.15) is 11.9 Å². The Hall–Kier alpha value is -3.72. The number of carbonyl (C=O) groups is 1. The number of ether oxygens (including phenoxy) is 1. The van der Waals surface area contributed by atoms with E-state index >= 15 is 0 Å². The summed E-state index contributed by atoms with van der Waals surface area (Å²) in [5.74, 6) is -4.71. The molecule has 2 atom stereocenters. The van der Waals surface area contributed by atoms with Gasteiger partial charge in [0.05, 0.1) is 23.4 Å². The quantitative estimate of drug-likeness (QED) is 0.337. The van der Waals surface area contributed by atoms with Gasteiger partial charge in [-0.1, -0.05) is 37.6 Å². The molecule has 0 aliphatic rings. The Morgan fingerprint density at radius 1 is 1.14 bits per heavy atom. The molecule has 2 heterocycles. The van der Waals surface area contributed by atoms with E-state index in [1.54, 1.807) is 66.6 Å². The first-order valence-electron chi connectivity index (χ1n) is 11.7. The normalized spacial score (nSPS) is 13.5. The lowest BCUT2D eigenvalue weighted by Gasteiger charge is -2.32. The van der Waals surface area contributed by atoms with Crippen molar-refractivity contribution < 1.29 is 18.3 Å². The summed E-state index contributed by atoms with van der Waals surface area (Å²) in [6.07, 6.45) is 2.55. The molecule has 1 N–H and O–H groups in total. The topological polar surface area (TPSA) is 78.2 Å². The number of hydrogen-bond donors (Lipinski definition) is 1. The number of fused-ring (bicyclic) bond motifs is 1. The number of nitrogens with one attached hydrogen (secondary N) is 1. The molecule has 2 aromatic heterocycles. The second kappa shape index (κ2) is 10.3. The van der Waals surface area contributed by atoms with Crippen molar-refractivity contribution in [2.75, 3.05) is 0 Å². The summed E-state index contributed by atoms with van der Waals surface area (Å²) in [6.45, 7) is 4.20. The van der Waals surface area contributed by atoms with Gasteiger partial charge in [0.15, 0.2) is 0 Å². The SMILES string of the molecule is CC(C)C(NC(=O)C(C)(F)F)[C@H](Oc1ccc2c(cnn2-c2ccc(=O)n(C)c2)c1)c1cccc(Cl)c1. The van der Waals surface area contributed by atoms with Crippen molar-refractivity contribution in [3.63, 3.8) is 0 Å². The Morgan fingerprint density at radius 2 is 1.89 bits per heavy atom. The number of pyridine rings is 1. The van der Waals surface area contributed by atoms with Crippen molar-refractivity contribution >= 4 is 28.4 Å². The van der Waals surface area contributed by atoms with Crippen LogP contribution >= 0.6 is 11.6 Å². The lowest BCUT2D eigenvalue weighted by atomic mass is 9.92. The number of carbonyl (C=O) groups excluding carboxylic acids is 1. The summed E-state index contributed by atoms with van der Waals surface area (Å²) >= 11 is 6.22. The molecule has 1 unspecified atom stereocenters. The van der Waals surface area contributed by atoms with Crippen molar-refractivity contribution in [2.45, 2.75) is 38.8 Å². The van der Waals surface area contributed by atoms with Crippen LogP contribution in [-0.4, -0.2) is 32.2 Å². The van der Waals surface area contributed by atoms with Crippen molar-refractivity contribution in [1.29, 1.82) is 0 Å². The van der Waals surface area contributed by atoms with E-state index in [1.807, 2.05) is 19.9 Å². The molecule has 2 aromatic carbocycles. The third-order valence-corrected chi connectivity index (χ3v) is 6.27. The minimum Gasteiger partial charge on any atom is -0.484 e. The molecule has 4 rings (SSSR count). The Morgan fingerprint density at radius 3 is 2.54 bits per heavy atom. The van der Waals surface area contributed by atoms with Crippen molar-refractivity contribution in [2.24, 2.45) is 13.0 Å². The van der Waals surface area contributed by atoms with Crippen LogP contribution in [0.1, 0.15) is 32.4 Å². The zero-order valence-electron chi connectivity index (χ0n) is 20.8. The molecule has 4 aromatic rings. The molecular weight excluding hydrogens is 502 g/mol. The van der Waals surface area contributed by atoms with Crippen LogP contribution in [0.2, 0.25) is 5.02 Å². The van der Waals surface area contributed by atoms with E-state index in [0.717, 1.165) is 10.9 Å². The highest BCUT2D eigenvalue weighted by Gasteiger charge is 2.38. The first kappa shape index (κ1) is 26.3. The summed E-state index contributed by atoms with van der Waals surface area (Å²) in [4.78, 5) is 24.0. The predicted octanol–water partition coefficient (Wildman–Crippen LogP) is 5.29. The monoisotopic (exact) mass is 528 g/mol. The van der Waals surface area contributed by atoms with Crippen LogP contribution in [-0.2, 0) is 11.8 Å². The van der Waals surface area contributed by atoms with Crippen LogP contribution in [0.25, 0.3) is 16.6 Å². The minimum absolute atomic E-state index is 0.129. The first-order chi connectivity index (χ1) is 17.4. The van der Waals surface area contributed by atoms with Gasteiger partial charge in [-0.15, -0.1) is 0 Å². The number of rotatable bonds is 8. The zero-order chi connectivity index (χ0) is 26.9. The minimum atomic E-state index is -3.54. The summed E-state index contributed by atoms with van der Waals surface area (Å²) in [5, 5.41) is 8.13. The molecule has 7 nitrogen and oxygen atoms in total. The number of nitrogens with zero attached hydrogens (tertiary/aromatic N) is 3. The standard InChI is InChI=1S/C27H27ClF2N4O3/c1-16(2)24(32-26(36)27(3,29)30)25(17-6-5-7-19(28)12-17)37-21-9-10-22-18(13-21)14-31-34(22)20-8-11-23(35)33(4)15-20/h5-16,24-25H,1-4H3,(H,32,36)/t24?,25-/m1/s1. The molecule has 0 bridgehead atoms. The van der Waals surface area contributed by atoms with Gasteiger partial charge in [-0.05, 0) is 47.9 Å². The number of hydrogen-bond acceptors (Lipinski definition) is 4. The third kappa shape index (κ3) is 5.83. The molecule has 0 aliphatic heterocycles. The Kier molecular flexibility index (Phi) is 7.36. The number of aryl methyl sites for hydroxylation is 1. The van der Waals surface area contributed by atoms with Crippen LogP contribution in [0.5, 0.6) is 5.75 Å². The van der Waals surface area contributed by atoms with E-state index < -0.39 is 24.0 Å². The fourth-order valence-electron chi connectivity index (χ4n) is 4.04. The zero-order valence-corrected chi connectivity index (χ0v) is 21.5. The Bertz CT molecular complexity index is 1490. The molecular formula is C27H27ClF2N4O3. The highest BCUT2D eigenvalue weighted by Crippen LogP contribution is 2.32. The molecule has 0 saturated carbocycles. The van der Waals surface area contributed by atoms with E-state index in [4.69, 9.17) is 16.3 Å². The molecule has 37 heavy (non-hydrogen) atoms. The second-order valence-corrected chi connectivity index (χ2v) is 9.77. The molecule has 0 spiro atoms. The fraction of sp³-hybridized carbons (Fsp3) is 0.296. The summed E-state index contributed by atoms with van der Waals surface area (Å²) in [6, 6.07) is 14.6. The van der Waals surface area contributed by atoms with Gasteiger partial charge < -0.3 is 14.6 Å². The molecule has 0 saturated heterocycles. The predicted molar refractivity (Wildman–Crippen MR) is 139 cm³/mol. The smallest absolute Gasteiger partial charge is 0.321 e. The van der Waals surface area contributed by atoms with E-state index in [2.05, 4.69) is 10.4 Å². The van der Waals surface area contributed by atoms with Crippen molar-refractivity contribution in [1.82, 2.24) is 19.7 Å². The summed E-state index contributed by atoms with van der Waals surface area (Å²) in [5.41, 5.74) is 2.00. The maximum Gasteiger partial charge on any atom is 0.321 e. The number of amides is 1. The van der Waals surface area contributed by atoms with Crippen LogP contribution < -0.4 is 15.6 Å². The van der Waals surface area contributed by atoms with Gasteiger partial charge in [0, 0.05) is 36.6 Å². The van der Waals surface area contributed by atoms with Gasteiger partial charge in [-0.3, -0.25) is 9.59 Å². The van der Waals surface area contributed by atoms with Gasteiger partial charge >= 0.3 is 5.92 Å². The van der Waals surface area contributed by atoms with E-state index in [-0.39, 0.29) is 11.5 Å². The lowest BCUT2D eigenvalue weighted by molar-refractivity contribution is -0.145. The number of benzene rings is 2. The van der Waals surface area contributed by atoms with Crippen molar-refractivity contribution in [3.05, 3.63) is 87.9 Å². The van der Waals surface area contributed by atoms with Crippen molar-refractivity contribution in [3.8, 4) is 11.4 Å². The average molecular weight is 529 g/mol. The number of halogens is 3. The largest absolute Gasteiger partial charge is 0.484 e. The number of aromatic nitrogens is 3. The molecule has 0 radical (unpaired) electrons. The highest BCUT2D eigenvalue weighted by molar-refractivity contribution is 6.30. The molecule has 194 valence electrons. The third-order valence-electron chi connectivity index (χ3n) is 6.04. The fourth-order valence-corrected chi connectivity index (χ4v) is 4.24. The van der Waals surface area contributed by atoms with Crippen LogP contribution in [0, 0.1) is 5.92 Å². The molecule has 1 amide bonds. The average Bonchev–Trinajstić information content (AvgIpc) is 3.25. The Balaban J connectivity index is 1.71. The summed E-state index contributed by atoms with van der Waals surface area (Å²) in [7, 11) is 1.66. The van der Waals surface area contributed by atoms with E-state index in [0.29, 0.717) is 28.9 Å². The van der Waals surface area contributed by atoms with Crippen LogP contribution in [0.3, 0.4) is 0 Å². The van der Waals surface area contributed by atoms with E-state index in [1.165, 1.54) is 10.6 Å². The maximum absolute atomic E-state index is 13.8. The maximum atomic E-state index is 13.8. The highest BCUT2D eigenvalue weighted by atomic mass is 35.5. The van der Waals surface area contributed by atoms with Gasteiger partial charge in [0.25, 0.3) is 5.91 Å². The van der Waals surface area contributed by atoms with Gasteiger partial charge in [-0.2, -0.15) is 13.9 Å². The van der Waals surface area contributed by atoms with Crippen LogP contribution in [0.4, 0.5) is 8.78 Å². The van der Waals surface area contributed by atoms with Gasteiger partial charge in [0.2, 0.25) is 5.56 Å². The molecule has 0 aliphatic carbocycles. The molecule has 10 heteroatoms. The molecule has 0 fully saturated rings. The van der Waals surface area contributed by atoms with Crippen LogP contribution in [0.15, 0.2) is 71.8 Å². The van der Waals surface area contributed by atoms with E-state index in [9.17, 15) is 18.4 Å². The number of alkyl halides is 2. The lowest BCUT2D eigenvalue weighted by Crippen LogP contribution is -2.49. The Labute approximate surface area is 217 Å².